The van der Waals surface area contributed by atoms with Crippen LogP contribution in [-0.4, -0.2) is 35.7 Å². The van der Waals surface area contributed by atoms with Crippen LogP contribution in [0.3, 0.4) is 0 Å². The van der Waals surface area contributed by atoms with E-state index in [1.807, 2.05) is 0 Å². The Balaban J connectivity index is 2.69. The number of aliphatic hydroxyl groups excluding tert-OH is 1. The summed E-state index contributed by atoms with van der Waals surface area (Å²) in [6.07, 6.45) is 7.68. The van der Waals surface area contributed by atoms with Crippen molar-refractivity contribution in [1.82, 2.24) is 4.90 Å². The summed E-state index contributed by atoms with van der Waals surface area (Å²) in [5.74, 6) is 0.718. The minimum Gasteiger partial charge on any atom is -0.396 e. The Morgan fingerprint density at radius 3 is 2.11 bits per heavy atom. The standard InChI is InChI=1S/C16H33NO/c1-5-16(6-2,13-18)12-17(11-14(3)4)15-9-7-8-10-15/h14-15,18H,5-13H2,1-4H3. The van der Waals surface area contributed by atoms with E-state index in [-0.39, 0.29) is 5.41 Å². The van der Waals surface area contributed by atoms with Gasteiger partial charge in [0.1, 0.15) is 0 Å². The van der Waals surface area contributed by atoms with Gasteiger partial charge in [0.2, 0.25) is 0 Å². The molecule has 1 fully saturated rings. The molecule has 0 aromatic carbocycles. The molecular formula is C16H33NO. The molecule has 0 aromatic rings. The van der Waals surface area contributed by atoms with Gasteiger partial charge in [-0.15, -0.1) is 0 Å². The Hall–Kier alpha value is -0.0800. The fraction of sp³-hybridized carbons (Fsp3) is 1.00. The van der Waals surface area contributed by atoms with Gasteiger partial charge in [-0.25, -0.2) is 0 Å². The van der Waals surface area contributed by atoms with Crippen molar-refractivity contribution in [3.05, 3.63) is 0 Å². The number of rotatable bonds is 8. The number of hydrogen-bond donors (Lipinski definition) is 1. The molecule has 0 heterocycles. The van der Waals surface area contributed by atoms with Gasteiger partial charge >= 0.3 is 0 Å². The van der Waals surface area contributed by atoms with Crippen LogP contribution in [0.4, 0.5) is 0 Å². The third-order valence-corrected chi connectivity index (χ3v) is 4.81. The topological polar surface area (TPSA) is 23.5 Å². The molecular weight excluding hydrogens is 222 g/mol. The molecule has 108 valence electrons. The maximum atomic E-state index is 9.78. The minimum atomic E-state index is 0.123. The zero-order chi connectivity index (χ0) is 13.6. The van der Waals surface area contributed by atoms with E-state index < -0.39 is 0 Å². The highest BCUT2D eigenvalue weighted by atomic mass is 16.3. The zero-order valence-corrected chi connectivity index (χ0v) is 12.9. The van der Waals surface area contributed by atoms with Crippen molar-refractivity contribution in [2.75, 3.05) is 19.7 Å². The third-order valence-electron chi connectivity index (χ3n) is 4.81. The Morgan fingerprint density at radius 2 is 1.72 bits per heavy atom. The van der Waals surface area contributed by atoms with E-state index in [0.29, 0.717) is 6.61 Å². The van der Waals surface area contributed by atoms with Crippen molar-refractivity contribution in [1.29, 1.82) is 0 Å². The number of aliphatic hydroxyl groups is 1. The second-order valence-electron chi connectivity index (χ2n) is 6.63. The van der Waals surface area contributed by atoms with Crippen LogP contribution in [0, 0.1) is 11.3 Å². The second kappa shape index (κ2) is 7.49. The molecule has 0 aliphatic heterocycles. The quantitative estimate of drug-likeness (QED) is 0.715. The van der Waals surface area contributed by atoms with Gasteiger partial charge in [-0.2, -0.15) is 0 Å². The first kappa shape index (κ1) is 16.0. The molecule has 2 nitrogen and oxygen atoms in total. The average molecular weight is 255 g/mol. The van der Waals surface area contributed by atoms with Crippen molar-refractivity contribution in [3.63, 3.8) is 0 Å². The van der Waals surface area contributed by atoms with E-state index in [9.17, 15) is 5.11 Å². The lowest BCUT2D eigenvalue weighted by Crippen LogP contribution is -2.45. The summed E-state index contributed by atoms with van der Waals surface area (Å²) in [4.78, 5) is 2.68. The number of hydrogen-bond acceptors (Lipinski definition) is 2. The molecule has 0 bridgehead atoms. The highest BCUT2D eigenvalue weighted by Crippen LogP contribution is 2.31. The van der Waals surface area contributed by atoms with Crippen molar-refractivity contribution >= 4 is 0 Å². The molecule has 1 aliphatic carbocycles. The molecule has 0 unspecified atom stereocenters. The first-order valence-electron chi connectivity index (χ1n) is 7.91. The lowest BCUT2D eigenvalue weighted by molar-refractivity contribution is 0.0419. The zero-order valence-electron chi connectivity index (χ0n) is 12.9. The van der Waals surface area contributed by atoms with Gasteiger partial charge in [-0.3, -0.25) is 4.90 Å². The summed E-state index contributed by atoms with van der Waals surface area (Å²) < 4.78 is 0. The lowest BCUT2D eigenvalue weighted by Gasteiger charge is -2.39. The molecule has 1 rings (SSSR count). The van der Waals surface area contributed by atoms with Crippen LogP contribution >= 0.6 is 0 Å². The first-order chi connectivity index (χ1) is 8.56. The predicted octanol–water partition coefficient (Wildman–Crippen LogP) is 3.69. The summed E-state index contributed by atoms with van der Waals surface area (Å²) in [5.41, 5.74) is 0.123. The van der Waals surface area contributed by atoms with Crippen LogP contribution in [0.15, 0.2) is 0 Å². The maximum absolute atomic E-state index is 9.78. The Kier molecular flexibility index (Phi) is 6.65. The second-order valence-corrected chi connectivity index (χ2v) is 6.63. The molecule has 0 radical (unpaired) electrons. The predicted molar refractivity (Wildman–Crippen MR) is 78.8 cm³/mol. The van der Waals surface area contributed by atoms with Crippen LogP contribution in [0.1, 0.15) is 66.2 Å². The maximum Gasteiger partial charge on any atom is 0.0499 e. The smallest absolute Gasteiger partial charge is 0.0499 e. The third kappa shape index (κ3) is 4.24. The van der Waals surface area contributed by atoms with Gasteiger partial charge in [0, 0.05) is 31.2 Å². The number of nitrogens with zero attached hydrogens (tertiary/aromatic N) is 1. The summed E-state index contributed by atoms with van der Waals surface area (Å²) in [7, 11) is 0. The molecule has 0 amide bonds. The van der Waals surface area contributed by atoms with Gasteiger partial charge in [0.15, 0.2) is 0 Å². The SMILES string of the molecule is CCC(CC)(CO)CN(CC(C)C)C1CCCC1. The molecule has 0 spiro atoms. The molecule has 1 aliphatic rings. The van der Waals surface area contributed by atoms with E-state index in [0.717, 1.165) is 31.3 Å². The van der Waals surface area contributed by atoms with Crippen molar-refractivity contribution < 1.29 is 5.11 Å². The van der Waals surface area contributed by atoms with Gasteiger partial charge in [-0.1, -0.05) is 40.5 Å². The van der Waals surface area contributed by atoms with Crippen LogP contribution in [0.5, 0.6) is 0 Å². The lowest BCUT2D eigenvalue weighted by atomic mass is 9.82. The van der Waals surface area contributed by atoms with E-state index in [2.05, 4.69) is 32.6 Å². The van der Waals surface area contributed by atoms with Crippen molar-refractivity contribution in [3.8, 4) is 0 Å². The molecule has 0 aromatic heterocycles. The fourth-order valence-corrected chi connectivity index (χ4v) is 3.26. The molecule has 1 N–H and O–H groups in total. The Bertz CT molecular complexity index is 209. The summed E-state index contributed by atoms with van der Waals surface area (Å²) >= 11 is 0. The van der Waals surface area contributed by atoms with Crippen molar-refractivity contribution in [2.45, 2.75) is 72.3 Å². The fourth-order valence-electron chi connectivity index (χ4n) is 3.26. The van der Waals surface area contributed by atoms with Crippen molar-refractivity contribution in [2.24, 2.45) is 11.3 Å². The van der Waals surface area contributed by atoms with Crippen LogP contribution in [0.25, 0.3) is 0 Å². The van der Waals surface area contributed by atoms with Gasteiger partial charge in [-0.05, 0) is 31.6 Å². The van der Waals surface area contributed by atoms with Crippen LogP contribution < -0.4 is 0 Å². The van der Waals surface area contributed by atoms with E-state index in [1.54, 1.807) is 0 Å². The van der Waals surface area contributed by atoms with E-state index in [1.165, 1.54) is 32.2 Å². The molecule has 18 heavy (non-hydrogen) atoms. The van der Waals surface area contributed by atoms with Crippen LogP contribution in [0.2, 0.25) is 0 Å². The highest BCUT2D eigenvalue weighted by Gasteiger charge is 2.32. The van der Waals surface area contributed by atoms with E-state index in [4.69, 9.17) is 0 Å². The summed E-state index contributed by atoms with van der Waals surface area (Å²) in [6.45, 7) is 11.7. The van der Waals surface area contributed by atoms with Gasteiger partial charge in [0.25, 0.3) is 0 Å². The molecule has 2 heteroatoms. The summed E-state index contributed by atoms with van der Waals surface area (Å²) in [6, 6.07) is 0.774. The highest BCUT2D eigenvalue weighted by molar-refractivity contribution is 4.85. The Morgan fingerprint density at radius 1 is 1.17 bits per heavy atom. The normalized spacial score (nSPS) is 18.2. The molecule has 0 saturated heterocycles. The Labute approximate surface area is 114 Å². The molecule has 0 atom stereocenters. The average Bonchev–Trinajstić information content (AvgIpc) is 2.88. The molecule has 1 saturated carbocycles. The van der Waals surface area contributed by atoms with Crippen LogP contribution in [-0.2, 0) is 0 Å². The summed E-state index contributed by atoms with van der Waals surface area (Å²) in [5, 5.41) is 9.78. The monoisotopic (exact) mass is 255 g/mol. The van der Waals surface area contributed by atoms with Gasteiger partial charge in [0.05, 0.1) is 0 Å². The minimum absolute atomic E-state index is 0.123. The van der Waals surface area contributed by atoms with E-state index >= 15 is 0 Å². The first-order valence-corrected chi connectivity index (χ1v) is 7.91. The van der Waals surface area contributed by atoms with Gasteiger partial charge < -0.3 is 5.11 Å². The largest absolute Gasteiger partial charge is 0.396 e.